The van der Waals surface area contributed by atoms with Crippen LogP contribution in [-0.2, 0) is 19.6 Å². The van der Waals surface area contributed by atoms with Crippen LogP contribution in [0, 0.1) is 13.8 Å². The van der Waals surface area contributed by atoms with Crippen molar-refractivity contribution in [3.8, 4) is 0 Å². The van der Waals surface area contributed by atoms with Crippen LogP contribution in [0.3, 0.4) is 0 Å². The molecule has 0 radical (unpaired) electrons. The molecule has 1 aliphatic rings. The first-order chi connectivity index (χ1) is 10.1. The minimum Gasteiger partial charge on any atom is -0.465 e. The summed E-state index contributed by atoms with van der Waals surface area (Å²) in [5, 5.41) is 3.49. The number of furan rings is 2. The van der Waals surface area contributed by atoms with E-state index in [9.17, 15) is 0 Å². The van der Waals surface area contributed by atoms with Crippen LogP contribution in [0.5, 0.6) is 0 Å². The summed E-state index contributed by atoms with van der Waals surface area (Å²) in [5.41, 5.74) is 1.26. The number of aryl methyl sites for hydroxylation is 2. The first-order valence-corrected chi connectivity index (χ1v) is 7.65. The Labute approximate surface area is 126 Å². The summed E-state index contributed by atoms with van der Waals surface area (Å²) in [5.74, 6) is 4.03. The van der Waals surface area contributed by atoms with Gasteiger partial charge < -0.3 is 14.2 Å². The summed E-state index contributed by atoms with van der Waals surface area (Å²) in [4.78, 5) is 2.24. The van der Waals surface area contributed by atoms with Gasteiger partial charge in [-0.05, 0) is 51.9 Å². The van der Waals surface area contributed by atoms with E-state index in [0.717, 1.165) is 42.7 Å². The second kappa shape index (κ2) is 6.08. The lowest BCUT2D eigenvalue weighted by molar-refractivity contribution is 0.283. The van der Waals surface area contributed by atoms with Gasteiger partial charge in [-0.3, -0.25) is 4.90 Å². The SMILES string of the molecule is Cc1ccc(CN(C)Cc2cc(CNC3CC3)oc2C)o1. The summed E-state index contributed by atoms with van der Waals surface area (Å²) in [6.45, 7) is 6.54. The van der Waals surface area contributed by atoms with Crippen LogP contribution in [0.1, 0.15) is 41.4 Å². The molecule has 0 unspecified atom stereocenters. The molecule has 114 valence electrons. The molecule has 0 spiro atoms. The van der Waals surface area contributed by atoms with Crippen molar-refractivity contribution < 1.29 is 8.83 Å². The lowest BCUT2D eigenvalue weighted by Crippen LogP contribution is -2.17. The molecule has 1 aliphatic carbocycles. The van der Waals surface area contributed by atoms with Crippen molar-refractivity contribution in [2.45, 2.75) is 52.4 Å². The van der Waals surface area contributed by atoms with E-state index in [-0.39, 0.29) is 0 Å². The standard InChI is InChI=1S/C17H24N2O2/c1-12-4-7-16(20-12)11-19(3)10-14-8-17(21-13(14)2)9-18-15-5-6-15/h4,7-8,15,18H,5-6,9-11H2,1-3H3. The Morgan fingerprint density at radius 2 is 1.95 bits per heavy atom. The highest BCUT2D eigenvalue weighted by molar-refractivity contribution is 5.21. The minimum atomic E-state index is 0.712. The minimum absolute atomic E-state index is 0.712. The zero-order valence-corrected chi connectivity index (χ0v) is 13.1. The third-order valence-corrected chi connectivity index (χ3v) is 3.88. The number of nitrogens with zero attached hydrogens (tertiary/aromatic N) is 1. The molecule has 4 nitrogen and oxygen atoms in total. The molecule has 0 atom stereocenters. The zero-order chi connectivity index (χ0) is 14.8. The summed E-state index contributed by atoms with van der Waals surface area (Å²) in [7, 11) is 2.10. The molecule has 1 fully saturated rings. The lowest BCUT2D eigenvalue weighted by Gasteiger charge is -2.14. The van der Waals surface area contributed by atoms with Crippen molar-refractivity contribution in [2.75, 3.05) is 7.05 Å². The van der Waals surface area contributed by atoms with E-state index in [1.54, 1.807) is 0 Å². The highest BCUT2D eigenvalue weighted by Gasteiger charge is 2.21. The number of hydrogen-bond acceptors (Lipinski definition) is 4. The normalized spacial score (nSPS) is 15.0. The molecule has 3 rings (SSSR count). The third-order valence-electron chi connectivity index (χ3n) is 3.88. The smallest absolute Gasteiger partial charge is 0.118 e. The molecule has 2 aromatic rings. The molecular weight excluding hydrogens is 264 g/mol. The first-order valence-electron chi connectivity index (χ1n) is 7.65. The van der Waals surface area contributed by atoms with E-state index < -0.39 is 0 Å². The topological polar surface area (TPSA) is 41.5 Å². The summed E-state index contributed by atoms with van der Waals surface area (Å²) < 4.78 is 11.5. The van der Waals surface area contributed by atoms with Crippen LogP contribution in [-0.4, -0.2) is 18.0 Å². The number of rotatable bonds is 7. The Morgan fingerprint density at radius 1 is 1.14 bits per heavy atom. The Hall–Kier alpha value is -1.52. The van der Waals surface area contributed by atoms with Gasteiger partial charge >= 0.3 is 0 Å². The fraction of sp³-hybridized carbons (Fsp3) is 0.529. The van der Waals surface area contributed by atoms with Crippen molar-refractivity contribution >= 4 is 0 Å². The Balaban J connectivity index is 1.55. The summed E-state index contributed by atoms with van der Waals surface area (Å²) in [6.07, 6.45) is 2.61. The fourth-order valence-corrected chi connectivity index (χ4v) is 2.55. The molecule has 21 heavy (non-hydrogen) atoms. The van der Waals surface area contributed by atoms with Gasteiger partial charge in [0.2, 0.25) is 0 Å². The number of hydrogen-bond donors (Lipinski definition) is 1. The second-order valence-corrected chi connectivity index (χ2v) is 6.13. The zero-order valence-electron chi connectivity index (χ0n) is 13.1. The molecule has 0 amide bonds. The maximum Gasteiger partial charge on any atom is 0.118 e. The van der Waals surface area contributed by atoms with E-state index in [1.165, 1.54) is 18.4 Å². The van der Waals surface area contributed by atoms with Crippen molar-refractivity contribution in [3.05, 3.63) is 46.8 Å². The van der Waals surface area contributed by atoms with Crippen LogP contribution < -0.4 is 5.32 Å². The van der Waals surface area contributed by atoms with Crippen molar-refractivity contribution in [1.29, 1.82) is 0 Å². The quantitative estimate of drug-likeness (QED) is 0.848. The highest BCUT2D eigenvalue weighted by Crippen LogP contribution is 2.21. The molecule has 0 aromatic carbocycles. The largest absolute Gasteiger partial charge is 0.465 e. The van der Waals surface area contributed by atoms with Gasteiger partial charge in [0.15, 0.2) is 0 Å². The van der Waals surface area contributed by atoms with E-state index in [0.29, 0.717) is 6.04 Å². The molecule has 4 heteroatoms. The Bertz CT molecular complexity index is 596. The third kappa shape index (κ3) is 3.99. The van der Waals surface area contributed by atoms with Crippen LogP contribution in [0.2, 0.25) is 0 Å². The van der Waals surface area contributed by atoms with Crippen molar-refractivity contribution in [3.63, 3.8) is 0 Å². The van der Waals surface area contributed by atoms with E-state index in [1.807, 2.05) is 26.0 Å². The van der Waals surface area contributed by atoms with Gasteiger partial charge in [-0.15, -0.1) is 0 Å². The average Bonchev–Trinajstić information content (AvgIpc) is 3.08. The van der Waals surface area contributed by atoms with Crippen LogP contribution >= 0.6 is 0 Å². The van der Waals surface area contributed by atoms with Gasteiger partial charge in [0.25, 0.3) is 0 Å². The Morgan fingerprint density at radius 3 is 2.62 bits per heavy atom. The van der Waals surface area contributed by atoms with Gasteiger partial charge in [-0.1, -0.05) is 0 Å². The van der Waals surface area contributed by atoms with Gasteiger partial charge in [-0.2, -0.15) is 0 Å². The molecule has 0 bridgehead atoms. The maximum absolute atomic E-state index is 5.84. The predicted octanol–water partition coefficient (Wildman–Crippen LogP) is 3.37. The van der Waals surface area contributed by atoms with E-state index in [4.69, 9.17) is 8.83 Å². The predicted molar refractivity (Wildman–Crippen MR) is 81.9 cm³/mol. The number of nitrogens with one attached hydrogen (secondary N) is 1. The first kappa shape index (κ1) is 14.4. The second-order valence-electron chi connectivity index (χ2n) is 6.13. The van der Waals surface area contributed by atoms with Crippen LogP contribution in [0.4, 0.5) is 0 Å². The summed E-state index contributed by atoms with van der Waals surface area (Å²) in [6, 6.07) is 6.94. The van der Waals surface area contributed by atoms with Gasteiger partial charge in [-0.25, -0.2) is 0 Å². The molecular formula is C17H24N2O2. The molecule has 0 aliphatic heterocycles. The van der Waals surface area contributed by atoms with Gasteiger partial charge in [0.1, 0.15) is 23.0 Å². The van der Waals surface area contributed by atoms with Gasteiger partial charge in [0.05, 0.1) is 13.1 Å². The molecule has 1 saturated carbocycles. The van der Waals surface area contributed by atoms with Crippen molar-refractivity contribution in [1.82, 2.24) is 10.2 Å². The van der Waals surface area contributed by atoms with E-state index >= 15 is 0 Å². The van der Waals surface area contributed by atoms with Crippen LogP contribution in [0.25, 0.3) is 0 Å². The summed E-state index contributed by atoms with van der Waals surface area (Å²) >= 11 is 0. The molecule has 2 aromatic heterocycles. The lowest BCUT2D eigenvalue weighted by atomic mass is 10.2. The van der Waals surface area contributed by atoms with Crippen molar-refractivity contribution in [2.24, 2.45) is 0 Å². The molecule has 1 N–H and O–H groups in total. The average molecular weight is 288 g/mol. The highest BCUT2D eigenvalue weighted by atomic mass is 16.3. The Kier molecular flexibility index (Phi) is 4.17. The van der Waals surface area contributed by atoms with Crippen LogP contribution in [0.15, 0.2) is 27.0 Å². The maximum atomic E-state index is 5.84. The molecule has 2 heterocycles. The molecule has 0 saturated heterocycles. The van der Waals surface area contributed by atoms with Gasteiger partial charge in [0, 0.05) is 18.2 Å². The monoisotopic (exact) mass is 288 g/mol. The van der Waals surface area contributed by atoms with E-state index in [2.05, 4.69) is 23.3 Å². The fourth-order valence-electron chi connectivity index (χ4n) is 2.55.